The summed E-state index contributed by atoms with van der Waals surface area (Å²) in [5.74, 6) is 0.792. The number of rotatable bonds is 10. The molecule has 0 saturated heterocycles. The van der Waals surface area contributed by atoms with E-state index in [0.29, 0.717) is 18.9 Å². The first kappa shape index (κ1) is 21.5. The smallest absolute Gasteiger partial charge is 0.307 e. The number of nitrogens with one attached hydrogen (secondary N) is 1. The zero-order valence-electron chi connectivity index (χ0n) is 16.8. The van der Waals surface area contributed by atoms with Crippen LogP contribution in [-0.2, 0) is 27.2 Å². The van der Waals surface area contributed by atoms with E-state index in [1.807, 2.05) is 54.6 Å². The Kier molecular flexibility index (Phi) is 8.53. The van der Waals surface area contributed by atoms with Gasteiger partial charge in [0.05, 0.1) is 26.6 Å². The lowest BCUT2D eigenvalue weighted by atomic mass is 10.0. The minimum atomic E-state index is -0.340. The molecule has 28 heavy (non-hydrogen) atoms. The Morgan fingerprint density at radius 2 is 1.64 bits per heavy atom. The maximum Gasteiger partial charge on any atom is 0.307 e. The van der Waals surface area contributed by atoms with Crippen molar-refractivity contribution in [1.29, 1.82) is 0 Å². The van der Waals surface area contributed by atoms with Crippen LogP contribution in [0, 0.1) is 5.92 Å². The van der Waals surface area contributed by atoms with Crippen LogP contribution in [0.3, 0.4) is 0 Å². The molecule has 0 saturated carbocycles. The molecule has 2 aromatic carbocycles. The molecule has 0 bridgehead atoms. The van der Waals surface area contributed by atoms with E-state index in [1.54, 1.807) is 0 Å². The Morgan fingerprint density at radius 3 is 2.25 bits per heavy atom. The van der Waals surface area contributed by atoms with Crippen molar-refractivity contribution in [2.45, 2.75) is 39.2 Å². The minimum absolute atomic E-state index is 0.124. The average molecular weight is 383 g/mol. The monoisotopic (exact) mass is 383 g/mol. The molecule has 5 heteroatoms. The van der Waals surface area contributed by atoms with Crippen molar-refractivity contribution < 1.29 is 19.1 Å². The van der Waals surface area contributed by atoms with Crippen LogP contribution < -0.4 is 10.1 Å². The van der Waals surface area contributed by atoms with Crippen molar-refractivity contribution >= 4 is 11.9 Å². The molecule has 0 spiro atoms. The number of ether oxygens (including phenoxy) is 2. The Labute approximate surface area is 167 Å². The molecule has 2 aromatic rings. The van der Waals surface area contributed by atoms with Gasteiger partial charge in [-0.1, -0.05) is 56.3 Å². The highest BCUT2D eigenvalue weighted by Crippen LogP contribution is 2.14. The largest absolute Gasteiger partial charge is 0.493 e. The zero-order chi connectivity index (χ0) is 20.4. The first-order valence-corrected chi connectivity index (χ1v) is 9.58. The number of hydrogen-bond acceptors (Lipinski definition) is 4. The predicted octanol–water partition coefficient (Wildman–Crippen LogP) is 3.55. The summed E-state index contributed by atoms with van der Waals surface area (Å²) in [5, 5.41) is 2.96. The van der Waals surface area contributed by atoms with Crippen LogP contribution in [-0.4, -0.2) is 31.6 Å². The number of amides is 1. The van der Waals surface area contributed by atoms with Crippen LogP contribution >= 0.6 is 0 Å². The second-order valence-electron chi connectivity index (χ2n) is 7.26. The van der Waals surface area contributed by atoms with E-state index in [2.05, 4.69) is 19.2 Å². The molecule has 1 N–H and O–H groups in total. The second-order valence-corrected chi connectivity index (χ2v) is 7.26. The number of hydrogen-bond donors (Lipinski definition) is 1. The van der Waals surface area contributed by atoms with Gasteiger partial charge >= 0.3 is 5.97 Å². The lowest BCUT2D eigenvalue weighted by molar-refractivity contribution is -0.141. The van der Waals surface area contributed by atoms with Gasteiger partial charge in [0, 0.05) is 6.04 Å². The molecular weight excluding hydrogens is 354 g/mol. The minimum Gasteiger partial charge on any atom is -0.493 e. The van der Waals surface area contributed by atoms with Crippen molar-refractivity contribution in [3.05, 3.63) is 65.7 Å². The fraction of sp³-hybridized carbons (Fsp3) is 0.391. The van der Waals surface area contributed by atoms with Crippen molar-refractivity contribution in [3.8, 4) is 5.75 Å². The zero-order valence-corrected chi connectivity index (χ0v) is 16.8. The van der Waals surface area contributed by atoms with E-state index in [4.69, 9.17) is 9.47 Å². The molecular formula is C23H29NO4. The number of benzene rings is 2. The van der Waals surface area contributed by atoms with Crippen LogP contribution in [0.25, 0.3) is 0 Å². The van der Waals surface area contributed by atoms with Crippen molar-refractivity contribution in [1.82, 2.24) is 5.32 Å². The first-order valence-electron chi connectivity index (χ1n) is 9.58. The third-order valence-corrected chi connectivity index (χ3v) is 4.20. The summed E-state index contributed by atoms with van der Waals surface area (Å²) >= 11 is 0. The summed E-state index contributed by atoms with van der Waals surface area (Å²) in [6.07, 6.45) is 0.958. The normalized spacial score (nSPS) is 11.7. The predicted molar refractivity (Wildman–Crippen MR) is 109 cm³/mol. The van der Waals surface area contributed by atoms with Crippen LogP contribution in [0.2, 0.25) is 0 Å². The van der Waals surface area contributed by atoms with E-state index in [1.165, 1.54) is 7.11 Å². The summed E-state index contributed by atoms with van der Waals surface area (Å²) in [4.78, 5) is 24.2. The molecule has 0 aliphatic heterocycles. The number of esters is 1. The fourth-order valence-corrected chi connectivity index (χ4v) is 2.79. The third kappa shape index (κ3) is 7.82. The average Bonchev–Trinajstić information content (AvgIpc) is 2.68. The molecule has 0 heterocycles. The summed E-state index contributed by atoms with van der Waals surface area (Å²) in [5.41, 5.74) is 1.95. The maximum atomic E-state index is 12.5. The van der Waals surface area contributed by atoms with Gasteiger partial charge in [0.1, 0.15) is 5.75 Å². The highest BCUT2D eigenvalue weighted by atomic mass is 16.5. The summed E-state index contributed by atoms with van der Waals surface area (Å²) < 4.78 is 10.4. The number of carbonyl (C=O) groups excluding carboxylic acids is 2. The quantitative estimate of drug-likeness (QED) is 0.637. The molecule has 2 rings (SSSR count). The molecule has 150 valence electrons. The molecule has 1 atom stereocenters. The van der Waals surface area contributed by atoms with Gasteiger partial charge in [-0.25, -0.2) is 0 Å². The van der Waals surface area contributed by atoms with Gasteiger partial charge < -0.3 is 14.8 Å². The maximum absolute atomic E-state index is 12.5. The van der Waals surface area contributed by atoms with E-state index < -0.39 is 0 Å². The molecule has 0 aliphatic carbocycles. The Bertz CT molecular complexity index is 741. The van der Waals surface area contributed by atoms with Gasteiger partial charge in [0.15, 0.2) is 0 Å². The topological polar surface area (TPSA) is 64.6 Å². The van der Waals surface area contributed by atoms with Crippen LogP contribution in [0.15, 0.2) is 54.6 Å². The lowest BCUT2D eigenvalue weighted by Gasteiger charge is -2.18. The van der Waals surface area contributed by atoms with Gasteiger partial charge in [-0.2, -0.15) is 0 Å². The summed E-state index contributed by atoms with van der Waals surface area (Å²) in [7, 11) is 1.35. The molecule has 1 amide bonds. The lowest BCUT2D eigenvalue weighted by Crippen LogP contribution is -2.39. The standard InChI is InChI=1S/C23H29NO4/c1-17(2)16-28-21-11-9-19(10-12-21)14-22(25)24-20(15-23(26)27-3)13-18-7-5-4-6-8-18/h4-12,17,20H,13-16H2,1-3H3,(H,24,25). The van der Waals surface area contributed by atoms with E-state index in [9.17, 15) is 9.59 Å². The SMILES string of the molecule is COC(=O)CC(Cc1ccccc1)NC(=O)Cc1ccc(OCC(C)C)cc1. The van der Waals surface area contributed by atoms with Crippen LogP contribution in [0.5, 0.6) is 5.75 Å². The Morgan fingerprint density at radius 1 is 0.964 bits per heavy atom. The van der Waals surface area contributed by atoms with Crippen molar-refractivity contribution in [2.75, 3.05) is 13.7 Å². The van der Waals surface area contributed by atoms with Crippen LogP contribution in [0.4, 0.5) is 0 Å². The van der Waals surface area contributed by atoms with Crippen LogP contribution in [0.1, 0.15) is 31.4 Å². The Balaban J connectivity index is 1.93. The molecule has 5 nitrogen and oxygen atoms in total. The van der Waals surface area contributed by atoms with Gasteiger partial charge in [0.25, 0.3) is 0 Å². The van der Waals surface area contributed by atoms with Gasteiger partial charge in [0.2, 0.25) is 5.91 Å². The summed E-state index contributed by atoms with van der Waals surface area (Å²) in [6.45, 7) is 4.85. The Hall–Kier alpha value is -2.82. The fourth-order valence-electron chi connectivity index (χ4n) is 2.79. The summed E-state index contributed by atoms with van der Waals surface area (Å²) in [6, 6.07) is 17.0. The highest BCUT2D eigenvalue weighted by molar-refractivity contribution is 5.80. The first-order chi connectivity index (χ1) is 13.5. The number of carbonyl (C=O) groups is 2. The van der Waals surface area contributed by atoms with Gasteiger partial charge in [-0.15, -0.1) is 0 Å². The second kappa shape index (κ2) is 11.1. The molecule has 0 radical (unpaired) electrons. The van der Waals surface area contributed by atoms with E-state index in [-0.39, 0.29) is 30.8 Å². The molecule has 0 aromatic heterocycles. The van der Waals surface area contributed by atoms with Gasteiger partial charge in [-0.05, 0) is 35.6 Å². The van der Waals surface area contributed by atoms with E-state index in [0.717, 1.165) is 16.9 Å². The van der Waals surface area contributed by atoms with Crippen molar-refractivity contribution in [2.24, 2.45) is 5.92 Å². The van der Waals surface area contributed by atoms with Gasteiger partial charge in [-0.3, -0.25) is 9.59 Å². The molecule has 1 unspecified atom stereocenters. The highest BCUT2D eigenvalue weighted by Gasteiger charge is 2.18. The molecule has 0 aliphatic rings. The number of methoxy groups -OCH3 is 1. The van der Waals surface area contributed by atoms with Crippen molar-refractivity contribution in [3.63, 3.8) is 0 Å². The van der Waals surface area contributed by atoms with E-state index >= 15 is 0 Å². The third-order valence-electron chi connectivity index (χ3n) is 4.20. The molecule has 0 fully saturated rings.